The van der Waals surface area contributed by atoms with E-state index in [4.69, 9.17) is 14.2 Å². The molecule has 0 amide bonds. The normalized spacial score (nSPS) is 11.5. The largest absolute Gasteiger partial charge is 0.493 e. The number of nitrogens with zero attached hydrogens (tertiary/aromatic N) is 1. The Morgan fingerprint density at radius 1 is 1.12 bits per heavy atom. The van der Waals surface area contributed by atoms with Crippen LogP contribution in [0.3, 0.4) is 0 Å². The molecule has 0 spiro atoms. The van der Waals surface area contributed by atoms with Crippen LogP contribution in [0.2, 0.25) is 0 Å². The van der Waals surface area contributed by atoms with Crippen molar-refractivity contribution in [1.82, 2.24) is 10.6 Å². The van der Waals surface area contributed by atoms with Crippen LogP contribution in [-0.2, 0) is 11.3 Å². The van der Waals surface area contributed by atoms with Crippen molar-refractivity contribution in [2.75, 3.05) is 41.0 Å². The first-order chi connectivity index (χ1) is 11.6. The lowest BCUT2D eigenvalue weighted by Gasteiger charge is -2.15. The lowest BCUT2D eigenvalue weighted by atomic mass is 10.1. The third-order valence-corrected chi connectivity index (χ3v) is 3.53. The fourth-order valence-corrected chi connectivity index (χ4v) is 2.16. The highest BCUT2D eigenvalue weighted by molar-refractivity contribution is 5.79. The van der Waals surface area contributed by atoms with Crippen LogP contribution in [0.1, 0.15) is 25.8 Å². The number of ether oxygens (including phenoxy) is 3. The molecule has 0 aromatic heterocycles. The van der Waals surface area contributed by atoms with Crippen molar-refractivity contribution in [3.8, 4) is 11.5 Å². The monoisotopic (exact) mass is 337 g/mol. The average molecular weight is 337 g/mol. The first kappa shape index (κ1) is 20.1. The van der Waals surface area contributed by atoms with Crippen LogP contribution in [0.25, 0.3) is 0 Å². The first-order valence-electron chi connectivity index (χ1n) is 8.34. The second-order valence-corrected chi connectivity index (χ2v) is 5.80. The highest BCUT2D eigenvalue weighted by Crippen LogP contribution is 2.30. The molecule has 0 aliphatic heterocycles. The van der Waals surface area contributed by atoms with Crippen molar-refractivity contribution in [2.24, 2.45) is 10.9 Å². The maximum atomic E-state index is 5.59. The molecule has 1 aromatic carbocycles. The lowest BCUT2D eigenvalue weighted by Crippen LogP contribution is -2.38. The number of hydrogen-bond donors (Lipinski definition) is 2. The molecule has 0 fully saturated rings. The fraction of sp³-hybridized carbons (Fsp3) is 0.611. The van der Waals surface area contributed by atoms with Gasteiger partial charge in [-0.1, -0.05) is 26.0 Å². The number of aliphatic imine (C=N–C) groups is 1. The number of benzene rings is 1. The van der Waals surface area contributed by atoms with Crippen molar-refractivity contribution >= 4 is 5.96 Å². The van der Waals surface area contributed by atoms with E-state index >= 15 is 0 Å². The number of guanidine groups is 1. The molecule has 1 rings (SSSR count). The summed E-state index contributed by atoms with van der Waals surface area (Å²) in [5.74, 6) is 2.86. The molecule has 0 aliphatic rings. The van der Waals surface area contributed by atoms with E-state index in [9.17, 15) is 0 Å². The highest BCUT2D eigenvalue weighted by Gasteiger charge is 2.09. The minimum atomic E-state index is 0.592. The summed E-state index contributed by atoms with van der Waals surface area (Å²) in [4.78, 5) is 4.21. The van der Waals surface area contributed by atoms with Crippen molar-refractivity contribution < 1.29 is 14.2 Å². The van der Waals surface area contributed by atoms with E-state index in [1.54, 1.807) is 21.3 Å². The molecule has 0 aliphatic carbocycles. The second kappa shape index (κ2) is 11.6. The van der Waals surface area contributed by atoms with Gasteiger partial charge < -0.3 is 24.8 Å². The summed E-state index contributed by atoms with van der Waals surface area (Å²) in [7, 11) is 5.02. The van der Waals surface area contributed by atoms with Gasteiger partial charge in [-0.15, -0.1) is 0 Å². The van der Waals surface area contributed by atoms with Gasteiger partial charge in [0.25, 0.3) is 0 Å². The number of rotatable bonds is 10. The summed E-state index contributed by atoms with van der Waals surface area (Å²) in [6.45, 7) is 7.16. The van der Waals surface area contributed by atoms with E-state index < -0.39 is 0 Å². The summed E-state index contributed by atoms with van der Waals surface area (Å²) in [5, 5.41) is 6.50. The topological polar surface area (TPSA) is 64.1 Å². The predicted octanol–water partition coefficient (Wildman–Crippen LogP) is 2.43. The number of hydrogen-bond acceptors (Lipinski definition) is 4. The van der Waals surface area contributed by atoms with Crippen molar-refractivity contribution in [3.63, 3.8) is 0 Å². The van der Waals surface area contributed by atoms with Gasteiger partial charge in [0.2, 0.25) is 0 Å². The maximum Gasteiger partial charge on any atom is 0.191 e. The molecule has 6 nitrogen and oxygen atoms in total. The molecule has 6 heteroatoms. The Balaban J connectivity index is 2.39. The SMILES string of the molecule is CN=C(NCCOCCC(C)C)NCc1cccc(OC)c1OC. The zero-order valence-corrected chi connectivity index (χ0v) is 15.5. The number of nitrogens with one attached hydrogen (secondary N) is 2. The van der Waals surface area contributed by atoms with Crippen LogP contribution in [0, 0.1) is 5.92 Å². The van der Waals surface area contributed by atoms with Crippen LogP contribution in [0.4, 0.5) is 0 Å². The van der Waals surface area contributed by atoms with Crippen LogP contribution >= 0.6 is 0 Å². The van der Waals surface area contributed by atoms with Gasteiger partial charge in [-0.2, -0.15) is 0 Å². The molecule has 24 heavy (non-hydrogen) atoms. The quantitative estimate of drug-likeness (QED) is 0.390. The van der Waals surface area contributed by atoms with Crippen LogP contribution in [0.5, 0.6) is 11.5 Å². The maximum absolute atomic E-state index is 5.59. The minimum Gasteiger partial charge on any atom is -0.493 e. The molecular weight excluding hydrogens is 306 g/mol. The van der Waals surface area contributed by atoms with Gasteiger partial charge in [0, 0.05) is 32.3 Å². The van der Waals surface area contributed by atoms with Gasteiger partial charge >= 0.3 is 0 Å². The summed E-state index contributed by atoms with van der Waals surface area (Å²) in [5.41, 5.74) is 1.01. The van der Waals surface area contributed by atoms with Crippen molar-refractivity contribution in [1.29, 1.82) is 0 Å². The van der Waals surface area contributed by atoms with Gasteiger partial charge in [0.1, 0.15) is 0 Å². The average Bonchev–Trinajstić information content (AvgIpc) is 2.59. The van der Waals surface area contributed by atoms with E-state index in [0.717, 1.165) is 36.0 Å². The molecular formula is C18H31N3O3. The summed E-state index contributed by atoms with van der Waals surface area (Å²) >= 11 is 0. The molecule has 136 valence electrons. The third-order valence-electron chi connectivity index (χ3n) is 3.53. The molecule has 2 N–H and O–H groups in total. The van der Waals surface area contributed by atoms with E-state index in [2.05, 4.69) is 29.5 Å². The highest BCUT2D eigenvalue weighted by atomic mass is 16.5. The number of methoxy groups -OCH3 is 2. The van der Waals surface area contributed by atoms with E-state index in [1.165, 1.54) is 0 Å². The Morgan fingerprint density at radius 2 is 1.92 bits per heavy atom. The smallest absolute Gasteiger partial charge is 0.191 e. The van der Waals surface area contributed by atoms with Crippen LogP contribution < -0.4 is 20.1 Å². The Kier molecular flexibility index (Phi) is 9.68. The summed E-state index contributed by atoms with van der Waals surface area (Å²) in [6.07, 6.45) is 1.09. The Morgan fingerprint density at radius 3 is 2.54 bits per heavy atom. The molecule has 0 radical (unpaired) electrons. The molecule has 0 saturated heterocycles. The Hall–Kier alpha value is -1.95. The lowest BCUT2D eigenvalue weighted by molar-refractivity contribution is 0.128. The zero-order valence-electron chi connectivity index (χ0n) is 15.5. The minimum absolute atomic E-state index is 0.592. The van der Waals surface area contributed by atoms with Crippen LogP contribution in [-0.4, -0.2) is 47.0 Å². The van der Waals surface area contributed by atoms with Gasteiger partial charge in [-0.3, -0.25) is 4.99 Å². The number of para-hydroxylation sites is 1. The molecule has 0 bridgehead atoms. The molecule has 1 aromatic rings. The predicted molar refractivity (Wildman–Crippen MR) is 98.0 cm³/mol. The Bertz CT molecular complexity index is 504. The van der Waals surface area contributed by atoms with Gasteiger partial charge in [0.05, 0.1) is 20.8 Å². The molecule has 0 saturated carbocycles. The molecule has 0 atom stereocenters. The van der Waals surface area contributed by atoms with Gasteiger partial charge in [0.15, 0.2) is 17.5 Å². The van der Waals surface area contributed by atoms with Crippen molar-refractivity contribution in [3.05, 3.63) is 23.8 Å². The van der Waals surface area contributed by atoms with E-state index in [0.29, 0.717) is 25.6 Å². The molecule has 0 unspecified atom stereocenters. The zero-order chi connectivity index (χ0) is 17.8. The standard InChI is InChI=1S/C18H31N3O3/c1-14(2)9-11-24-12-10-20-18(19-3)21-13-15-7-6-8-16(22-4)17(15)23-5/h6-8,14H,9-13H2,1-5H3,(H2,19,20,21). The van der Waals surface area contributed by atoms with E-state index in [-0.39, 0.29) is 0 Å². The van der Waals surface area contributed by atoms with Crippen LogP contribution in [0.15, 0.2) is 23.2 Å². The second-order valence-electron chi connectivity index (χ2n) is 5.80. The summed E-state index contributed by atoms with van der Waals surface area (Å²) < 4.78 is 16.3. The van der Waals surface area contributed by atoms with Gasteiger partial charge in [-0.25, -0.2) is 0 Å². The summed E-state index contributed by atoms with van der Waals surface area (Å²) in [6, 6.07) is 5.82. The fourth-order valence-electron chi connectivity index (χ4n) is 2.16. The first-order valence-corrected chi connectivity index (χ1v) is 8.34. The third kappa shape index (κ3) is 7.08. The van der Waals surface area contributed by atoms with Crippen molar-refractivity contribution in [2.45, 2.75) is 26.8 Å². The molecule has 0 heterocycles. The van der Waals surface area contributed by atoms with E-state index in [1.807, 2.05) is 18.2 Å². The van der Waals surface area contributed by atoms with Gasteiger partial charge in [-0.05, 0) is 18.4 Å². The Labute approximate surface area is 145 Å².